The zero-order valence-electron chi connectivity index (χ0n) is 12.5. The fraction of sp³-hybridized carbons (Fsp3) is 0.353. The lowest BCUT2D eigenvalue weighted by atomic mass is 9.78. The first kappa shape index (κ1) is 14.5. The van der Waals surface area contributed by atoms with E-state index in [1.165, 1.54) is 11.8 Å². The monoisotopic (exact) mass is 299 g/mol. The molecule has 0 bridgehead atoms. The van der Waals surface area contributed by atoms with Gasteiger partial charge in [-0.2, -0.15) is 0 Å². The zero-order valence-corrected chi connectivity index (χ0v) is 12.5. The summed E-state index contributed by atoms with van der Waals surface area (Å²) in [5, 5.41) is 0. The lowest BCUT2D eigenvalue weighted by Gasteiger charge is -2.22. The van der Waals surface area contributed by atoms with Gasteiger partial charge in [0.15, 0.2) is 0 Å². The van der Waals surface area contributed by atoms with Gasteiger partial charge in [0.25, 0.3) is 0 Å². The maximum Gasteiger partial charge on any atom is 0.308 e. The van der Waals surface area contributed by atoms with Crippen molar-refractivity contribution >= 4 is 23.5 Å². The van der Waals surface area contributed by atoms with Crippen molar-refractivity contribution in [1.82, 2.24) is 0 Å². The van der Waals surface area contributed by atoms with Crippen molar-refractivity contribution in [2.24, 2.45) is 17.8 Å². The summed E-state index contributed by atoms with van der Waals surface area (Å²) >= 11 is 0. The van der Waals surface area contributed by atoms with Crippen LogP contribution in [0, 0.1) is 17.8 Å². The number of fused-ring (bicyclic) bond motifs is 1. The fourth-order valence-electron chi connectivity index (χ4n) is 3.25. The van der Waals surface area contributed by atoms with Gasteiger partial charge >= 0.3 is 5.97 Å². The predicted octanol–water partition coefficient (Wildman–Crippen LogP) is 2.31. The number of hydrogen-bond donors (Lipinski definition) is 0. The quantitative estimate of drug-likeness (QED) is 0.364. The molecule has 1 heterocycles. The molecule has 114 valence electrons. The van der Waals surface area contributed by atoms with Crippen LogP contribution in [0.1, 0.15) is 20.3 Å². The van der Waals surface area contributed by atoms with Crippen molar-refractivity contribution in [1.29, 1.82) is 0 Å². The summed E-state index contributed by atoms with van der Waals surface area (Å²) in [7, 11) is 0. The number of hydrogen-bond acceptors (Lipinski definition) is 4. The average molecular weight is 299 g/mol. The van der Waals surface area contributed by atoms with E-state index in [1.807, 2.05) is 19.1 Å². The zero-order chi connectivity index (χ0) is 15.9. The number of esters is 1. The van der Waals surface area contributed by atoms with Crippen LogP contribution in [0.5, 0.6) is 5.75 Å². The first-order valence-electron chi connectivity index (χ1n) is 7.32. The molecule has 3 atom stereocenters. The Bertz CT molecular complexity index is 679. The number of ether oxygens (including phenoxy) is 1. The van der Waals surface area contributed by atoms with Crippen molar-refractivity contribution < 1.29 is 19.1 Å². The van der Waals surface area contributed by atoms with Gasteiger partial charge in [0.1, 0.15) is 5.75 Å². The van der Waals surface area contributed by atoms with E-state index in [1.54, 1.807) is 24.3 Å². The molecule has 0 radical (unpaired) electrons. The highest BCUT2D eigenvalue weighted by Gasteiger charge is 2.50. The molecule has 0 N–H and O–H groups in total. The third kappa shape index (κ3) is 2.32. The second-order valence-corrected chi connectivity index (χ2v) is 5.76. The van der Waals surface area contributed by atoms with Gasteiger partial charge in [0, 0.05) is 13.0 Å². The second-order valence-electron chi connectivity index (χ2n) is 5.76. The van der Waals surface area contributed by atoms with E-state index in [-0.39, 0.29) is 29.6 Å². The number of carbonyl (C=O) groups is 3. The second kappa shape index (κ2) is 5.40. The third-order valence-corrected chi connectivity index (χ3v) is 4.21. The Morgan fingerprint density at radius 1 is 1.27 bits per heavy atom. The van der Waals surface area contributed by atoms with Gasteiger partial charge in [0.2, 0.25) is 11.8 Å². The van der Waals surface area contributed by atoms with Crippen LogP contribution in [-0.2, 0) is 14.4 Å². The Kier molecular flexibility index (Phi) is 3.56. The molecule has 22 heavy (non-hydrogen) atoms. The molecule has 3 unspecified atom stereocenters. The Labute approximate surface area is 128 Å². The van der Waals surface area contributed by atoms with Gasteiger partial charge in [0.05, 0.1) is 17.5 Å². The molecule has 0 aromatic heterocycles. The van der Waals surface area contributed by atoms with Gasteiger partial charge in [-0.05, 0) is 24.5 Å². The third-order valence-electron chi connectivity index (χ3n) is 4.21. The van der Waals surface area contributed by atoms with Gasteiger partial charge in [-0.3, -0.25) is 14.4 Å². The topological polar surface area (TPSA) is 63.7 Å². The minimum Gasteiger partial charge on any atom is -0.427 e. The Morgan fingerprint density at radius 3 is 2.73 bits per heavy atom. The van der Waals surface area contributed by atoms with Gasteiger partial charge in [-0.25, -0.2) is 4.90 Å². The first-order chi connectivity index (χ1) is 10.5. The first-order valence-corrected chi connectivity index (χ1v) is 7.32. The van der Waals surface area contributed by atoms with Crippen LogP contribution in [0.4, 0.5) is 5.69 Å². The van der Waals surface area contributed by atoms with Crippen molar-refractivity contribution in [2.75, 3.05) is 4.90 Å². The number of anilines is 1. The van der Waals surface area contributed by atoms with Crippen molar-refractivity contribution in [3.63, 3.8) is 0 Å². The molecule has 5 heteroatoms. The summed E-state index contributed by atoms with van der Waals surface area (Å²) in [5.41, 5.74) is 0.454. The van der Waals surface area contributed by atoms with E-state index in [4.69, 9.17) is 4.74 Å². The highest BCUT2D eigenvalue weighted by atomic mass is 16.5. The maximum atomic E-state index is 12.7. The lowest BCUT2D eigenvalue weighted by molar-refractivity contribution is -0.132. The van der Waals surface area contributed by atoms with Crippen molar-refractivity contribution in [3.8, 4) is 5.75 Å². The van der Waals surface area contributed by atoms with E-state index in [0.29, 0.717) is 17.9 Å². The molecule has 1 saturated heterocycles. The largest absolute Gasteiger partial charge is 0.427 e. The molecule has 3 rings (SSSR count). The predicted molar refractivity (Wildman–Crippen MR) is 80.1 cm³/mol. The molecule has 1 aromatic carbocycles. The molecule has 0 spiro atoms. The number of imide groups is 1. The minimum atomic E-state index is -0.442. The standard InChI is InChI=1S/C17H17NO4/c1-10-5-3-8-14-15(10)17(21)18(16(14)20)12-6-4-7-13(9-12)22-11(2)19/h3-7,9-10,14-15H,8H2,1-2H3. The number of carbonyl (C=O) groups excluding carboxylic acids is 3. The summed E-state index contributed by atoms with van der Waals surface area (Å²) < 4.78 is 5.02. The molecule has 2 aliphatic rings. The highest BCUT2D eigenvalue weighted by molar-refractivity contribution is 6.22. The Morgan fingerprint density at radius 2 is 2.05 bits per heavy atom. The van der Waals surface area contributed by atoms with Crippen LogP contribution < -0.4 is 9.64 Å². The summed E-state index contributed by atoms with van der Waals surface area (Å²) in [6.07, 6.45) is 4.56. The number of nitrogens with zero attached hydrogens (tertiary/aromatic N) is 1. The van der Waals surface area contributed by atoms with Crippen LogP contribution in [-0.4, -0.2) is 17.8 Å². The maximum absolute atomic E-state index is 12.7. The van der Waals surface area contributed by atoms with E-state index in [0.717, 1.165) is 0 Å². The van der Waals surface area contributed by atoms with Crippen LogP contribution in [0.2, 0.25) is 0 Å². The van der Waals surface area contributed by atoms with Crippen LogP contribution in [0.15, 0.2) is 36.4 Å². The van der Waals surface area contributed by atoms with Crippen LogP contribution in [0.25, 0.3) is 0 Å². The van der Waals surface area contributed by atoms with E-state index >= 15 is 0 Å². The molecule has 0 saturated carbocycles. The van der Waals surface area contributed by atoms with Gasteiger partial charge in [-0.1, -0.05) is 25.1 Å². The molecular formula is C17H17NO4. The number of amides is 2. The summed E-state index contributed by atoms with van der Waals surface area (Å²) in [6, 6.07) is 6.51. The Hall–Kier alpha value is -2.43. The number of rotatable bonds is 2. The Balaban J connectivity index is 1.94. The summed E-state index contributed by atoms with van der Waals surface area (Å²) in [4.78, 5) is 37.5. The smallest absolute Gasteiger partial charge is 0.308 e. The minimum absolute atomic E-state index is 0.0526. The molecule has 1 aliphatic carbocycles. The average Bonchev–Trinajstić information content (AvgIpc) is 2.71. The highest BCUT2D eigenvalue weighted by Crippen LogP contribution is 2.40. The van der Waals surface area contributed by atoms with Gasteiger partial charge in [-0.15, -0.1) is 0 Å². The summed E-state index contributed by atoms with van der Waals surface area (Å²) in [6.45, 7) is 3.26. The van der Waals surface area contributed by atoms with Gasteiger partial charge < -0.3 is 4.74 Å². The molecule has 1 aliphatic heterocycles. The molecule has 1 fully saturated rings. The van der Waals surface area contributed by atoms with E-state index in [9.17, 15) is 14.4 Å². The van der Waals surface area contributed by atoms with E-state index in [2.05, 4.69) is 0 Å². The molecular weight excluding hydrogens is 282 g/mol. The van der Waals surface area contributed by atoms with Crippen LogP contribution in [0.3, 0.4) is 0 Å². The number of benzene rings is 1. The van der Waals surface area contributed by atoms with Crippen molar-refractivity contribution in [2.45, 2.75) is 20.3 Å². The molecule has 1 aromatic rings. The molecule has 5 nitrogen and oxygen atoms in total. The SMILES string of the molecule is CC(=O)Oc1cccc(N2C(=O)C3CC=CC(C)C3C2=O)c1. The molecule has 2 amide bonds. The normalized spacial score (nSPS) is 27.0. The fourth-order valence-corrected chi connectivity index (χ4v) is 3.25. The lowest BCUT2D eigenvalue weighted by Crippen LogP contribution is -2.31. The van der Waals surface area contributed by atoms with Crippen LogP contribution >= 0.6 is 0 Å². The van der Waals surface area contributed by atoms with Crippen molar-refractivity contribution in [3.05, 3.63) is 36.4 Å². The van der Waals surface area contributed by atoms with E-state index < -0.39 is 5.97 Å². The number of allylic oxidation sites excluding steroid dienone is 2. The summed E-state index contributed by atoms with van der Waals surface area (Å²) in [5.74, 6) is -0.996.